The van der Waals surface area contributed by atoms with Crippen LogP contribution in [0.15, 0.2) is 30.6 Å². The minimum atomic E-state index is -0.352. The fourth-order valence-corrected chi connectivity index (χ4v) is 2.08. The van der Waals surface area contributed by atoms with Gasteiger partial charge in [0.2, 0.25) is 0 Å². The lowest BCUT2D eigenvalue weighted by molar-refractivity contribution is -0.111. The van der Waals surface area contributed by atoms with Gasteiger partial charge in [-0.05, 0) is 49.8 Å². The number of rotatable bonds is 5. The third kappa shape index (κ3) is 3.47. The van der Waals surface area contributed by atoms with Gasteiger partial charge in [-0.25, -0.2) is 4.98 Å². The summed E-state index contributed by atoms with van der Waals surface area (Å²) in [7, 11) is 0. The number of carbonyl (C=O) groups excluding carboxylic acids is 1. The SMILES string of the molecule is CC#CC(=O)Nc1cc(-c2ncc[nH]2)ccc1OCC1CC1. The molecule has 0 radical (unpaired) electrons. The van der Waals surface area contributed by atoms with Crippen molar-refractivity contribution in [3.63, 3.8) is 0 Å². The number of nitrogens with one attached hydrogen (secondary N) is 2. The number of anilines is 1. The summed E-state index contributed by atoms with van der Waals surface area (Å²) in [6, 6.07) is 5.62. The van der Waals surface area contributed by atoms with E-state index in [0.29, 0.717) is 24.0 Å². The molecule has 5 nitrogen and oxygen atoms in total. The highest BCUT2D eigenvalue weighted by Crippen LogP contribution is 2.33. The Kier molecular flexibility index (Phi) is 4.10. The smallest absolute Gasteiger partial charge is 0.300 e. The number of hydrogen-bond acceptors (Lipinski definition) is 3. The van der Waals surface area contributed by atoms with Crippen LogP contribution < -0.4 is 10.1 Å². The molecule has 1 aromatic heterocycles. The Bertz CT molecular complexity index is 722. The van der Waals surface area contributed by atoms with Crippen LogP contribution in [-0.2, 0) is 4.79 Å². The van der Waals surface area contributed by atoms with Gasteiger partial charge in [0.25, 0.3) is 5.91 Å². The predicted molar refractivity (Wildman–Crippen MR) is 84.3 cm³/mol. The van der Waals surface area contributed by atoms with Crippen molar-refractivity contribution in [1.82, 2.24) is 9.97 Å². The van der Waals surface area contributed by atoms with E-state index in [4.69, 9.17) is 4.74 Å². The number of ether oxygens (including phenoxy) is 1. The van der Waals surface area contributed by atoms with E-state index in [-0.39, 0.29) is 5.91 Å². The van der Waals surface area contributed by atoms with Crippen molar-refractivity contribution in [2.45, 2.75) is 19.8 Å². The third-order valence-electron chi connectivity index (χ3n) is 3.41. The molecule has 1 heterocycles. The van der Waals surface area contributed by atoms with Gasteiger partial charge in [-0.15, -0.1) is 0 Å². The lowest BCUT2D eigenvalue weighted by Gasteiger charge is -2.12. The molecule has 0 bridgehead atoms. The molecule has 5 heteroatoms. The summed E-state index contributed by atoms with van der Waals surface area (Å²) in [6.45, 7) is 2.31. The molecule has 1 amide bonds. The first-order valence-electron chi connectivity index (χ1n) is 7.26. The van der Waals surface area contributed by atoms with Gasteiger partial charge < -0.3 is 15.0 Å². The zero-order chi connectivity index (χ0) is 15.4. The maximum absolute atomic E-state index is 11.7. The molecular formula is C17H17N3O2. The van der Waals surface area contributed by atoms with Crippen molar-refractivity contribution in [3.05, 3.63) is 30.6 Å². The summed E-state index contributed by atoms with van der Waals surface area (Å²) in [5, 5.41) is 2.78. The van der Waals surface area contributed by atoms with E-state index in [0.717, 1.165) is 11.4 Å². The highest BCUT2D eigenvalue weighted by atomic mass is 16.5. The molecule has 2 N–H and O–H groups in total. The second-order valence-corrected chi connectivity index (χ2v) is 5.23. The van der Waals surface area contributed by atoms with Crippen molar-refractivity contribution in [2.24, 2.45) is 5.92 Å². The summed E-state index contributed by atoms with van der Waals surface area (Å²) >= 11 is 0. The molecule has 0 unspecified atom stereocenters. The summed E-state index contributed by atoms with van der Waals surface area (Å²) in [5.74, 6) is 6.75. The van der Waals surface area contributed by atoms with Gasteiger partial charge >= 0.3 is 0 Å². The highest BCUT2D eigenvalue weighted by Gasteiger charge is 2.22. The van der Waals surface area contributed by atoms with Gasteiger partial charge in [0.1, 0.15) is 11.6 Å². The molecule has 3 rings (SSSR count). The summed E-state index contributed by atoms with van der Waals surface area (Å²) < 4.78 is 5.82. The summed E-state index contributed by atoms with van der Waals surface area (Å²) in [6.07, 6.45) is 5.88. The largest absolute Gasteiger partial charge is 0.491 e. The molecular weight excluding hydrogens is 278 g/mol. The predicted octanol–water partition coefficient (Wildman–Crippen LogP) is 2.83. The molecule has 0 aliphatic heterocycles. The molecule has 0 atom stereocenters. The molecule has 1 aromatic carbocycles. The zero-order valence-electron chi connectivity index (χ0n) is 12.3. The van der Waals surface area contributed by atoms with E-state index in [1.165, 1.54) is 12.8 Å². The van der Waals surface area contributed by atoms with Gasteiger partial charge in [-0.1, -0.05) is 5.92 Å². The number of H-pyrrole nitrogens is 1. The molecule has 1 aliphatic rings. The van der Waals surface area contributed by atoms with Crippen molar-refractivity contribution in [2.75, 3.05) is 11.9 Å². The Balaban J connectivity index is 1.86. The number of nitrogens with zero attached hydrogens (tertiary/aromatic N) is 1. The number of benzene rings is 1. The minimum absolute atomic E-state index is 0.352. The second kappa shape index (κ2) is 6.35. The molecule has 2 aromatic rings. The monoisotopic (exact) mass is 295 g/mol. The van der Waals surface area contributed by atoms with Crippen LogP contribution in [0, 0.1) is 17.8 Å². The Morgan fingerprint density at radius 2 is 2.36 bits per heavy atom. The third-order valence-corrected chi connectivity index (χ3v) is 3.41. The van der Waals surface area contributed by atoms with Crippen LogP contribution in [0.5, 0.6) is 5.75 Å². The van der Waals surface area contributed by atoms with E-state index >= 15 is 0 Å². The molecule has 112 valence electrons. The first kappa shape index (κ1) is 14.2. The van der Waals surface area contributed by atoms with E-state index < -0.39 is 0 Å². The molecule has 22 heavy (non-hydrogen) atoms. The standard InChI is InChI=1S/C17H17N3O2/c1-2-3-16(21)20-14-10-13(17-18-8-9-19-17)6-7-15(14)22-11-12-4-5-12/h6-10,12H,4-5,11H2,1H3,(H,18,19)(H,20,21). The molecule has 1 saturated carbocycles. The summed E-state index contributed by atoms with van der Waals surface area (Å²) in [4.78, 5) is 19.0. The van der Waals surface area contributed by atoms with Gasteiger partial charge in [-0.2, -0.15) is 0 Å². The van der Waals surface area contributed by atoms with Crippen LogP contribution in [0.3, 0.4) is 0 Å². The zero-order valence-corrected chi connectivity index (χ0v) is 12.3. The van der Waals surface area contributed by atoms with Crippen molar-refractivity contribution in [3.8, 4) is 29.0 Å². The Morgan fingerprint density at radius 3 is 3.05 bits per heavy atom. The first-order valence-corrected chi connectivity index (χ1v) is 7.26. The number of hydrogen-bond donors (Lipinski definition) is 2. The number of aromatic amines is 1. The molecule has 1 fully saturated rings. The van der Waals surface area contributed by atoms with Gasteiger partial charge in [0.15, 0.2) is 0 Å². The Hall–Kier alpha value is -2.74. The quantitative estimate of drug-likeness (QED) is 0.834. The van der Waals surface area contributed by atoms with Crippen LogP contribution in [0.25, 0.3) is 11.4 Å². The van der Waals surface area contributed by atoms with Crippen molar-refractivity contribution < 1.29 is 9.53 Å². The lowest BCUT2D eigenvalue weighted by atomic mass is 10.1. The average molecular weight is 295 g/mol. The number of imidazole rings is 1. The maximum Gasteiger partial charge on any atom is 0.300 e. The molecule has 1 aliphatic carbocycles. The van der Waals surface area contributed by atoms with Crippen LogP contribution in [-0.4, -0.2) is 22.5 Å². The number of aromatic nitrogens is 2. The highest BCUT2D eigenvalue weighted by molar-refractivity contribution is 6.05. The fraction of sp³-hybridized carbons (Fsp3) is 0.294. The Labute approximate surface area is 129 Å². The van der Waals surface area contributed by atoms with Crippen LogP contribution in [0.2, 0.25) is 0 Å². The number of amides is 1. The van der Waals surface area contributed by atoms with E-state index in [9.17, 15) is 4.79 Å². The maximum atomic E-state index is 11.7. The van der Waals surface area contributed by atoms with E-state index in [1.54, 1.807) is 19.3 Å². The first-order chi connectivity index (χ1) is 10.8. The fourth-order valence-electron chi connectivity index (χ4n) is 2.08. The normalized spacial score (nSPS) is 13.1. The molecule has 0 saturated heterocycles. The Morgan fingerprint density at radius 1 is 1.50 bits per heavy atom. The molecule has 0 spiro atoms. The van der Waals surface area contributed by atoms with E-state index in [1.807, 2.05) is 18.2 Å². The second-order valence-electron chi connectivity index (χ2n) is 5.23. The average Bonchev–Trinajstić information content (AvgIpc) is 3.17. The van der Waals surface area contributed by atoms with Crippen LogP contribution in [0.1, 0.15) is 19.8 Å². The topological polar surface area (TPSA) is 67.0 Å². The van der Waals surface area contributed by atoms with Crippen LogP contribution in [0.4, 0.5) is 5.69 Å². The van der Waals surface area contributed by atoms with Crippen molar-refractivity contribution >= 4 is 11.6 Å². The lowest BCUT2D eigenvalue weighted by Crippen LogP contribution is -2.11. The summed E-state index contributed by atoms with van der Waals surface area (Å²) in [5.41, 5.74) is 1.49. The van der Waals surface area contributed by atoms with Crippen molar-refractivity contribution in [1.29, 1.82) is 0 Å². The van der Waals surface area contributed by atoms with Gasteiger partial charge in [0.05, 0.1) is 12.3 Å². The van der Waals surface area contributed by atoms with Gasteiger partial charge in [0, 0.05) is 18.0 Å². The van der Waals surface area contributed by atoms with Gasteiger partial charge in [-0.3, -0.25) is 4.79 Å². The minimum Gasteiger partial charge on any atom is -0.491 e. The number of carbonyl (C=O) groups is 1. The van der Waals surface area contributed by atoms with E-state index in [2.05, 4.69) is 27.1 Å². The van der Waals surface area contributed by atoms with Crippen LogP contribution >= 0.6 is 0 Å².